The predicted molar refractivity (Wildman–Crippen MR) is 65.7 cm³/mol. The smallest absolute Gasteiger partial charge is 0.160 e. The minimum absolute atomic E-state index is 0.665. The first-order chi connectivity index (χ1) is 7.81. The highest BCUT2D eigenvalue weighted by molar-refractivity contribution is 7.17. The van der Waals surface area contributed by atoms with Gasteiger partial charge in [0.2, 0.25) is 0 Å². The van der Waals surface area contributed by atoms with Crippen molar-refractivity contribution in [3.63, 3.8) is 0 Å². The molecule has 0 atom stereocenters. The van der Waals surface area contributed by atoms with E-state index in [0.29, 0.717) is 13.2 Å². The summed E-state index contributed by atoms with van der Waals surface area (Å²) in [6, 6.07) is 3.79. The first-order valence-corrected chi connectivity index (χ1v) is 5.91. The molecule has 0 aliphatic heterocycles. The van der Waals surface area contributed by atoms with Gasteiger partial charge in [-0.25, -0.2) is 0 Å². The fourth-order valence-corrected chi connectivity index (χ4v) is 2.18. The van der Waals surface area contributed by atoms with E-state index >= 15 is 0 Å². The maximum Gasteiger partial charge on any atom is 0.160 e. The zero-order valence-corrected chi connectivity index (χ0v) is 10.5. The average Bonchev–Trinajstić information content (AvgIpc) is 2.78. The summed E-state index contributed by atoms with van der Waals surface area (Å²) in [6.07, 6.45) is 0.874. The summed E-state index contributed by atoms with van der Waals surface area (Å²) in [4.78, 5) is 13.5. The summed E-state index contributed by atoms with van der Waals surface area (Å²) in [5.41, 5.74) is 0. The van der Waals surface area contributed by atoms with Crippen LogP contribution in [0.2, 0.25) is 0 Å². The number of carbonyl (C=O) groups excluding carboxylic acids is 1. The van der Waals surface area contributed by atoms with Crippen molar-refractivity contribution in [1.29, 1.82) is 0 Å². The van der Waals surface area contributed by atoms with Crippen LogP contribution in [-0.4, -0.2) is 46.8 Å². The Morgan fingerprint density at radius 2 is 1.88 bits per heavy atom. The van der Waals surface area contributed by atoms with E-state index in [2.05, 4.69) is 4.90 Å². The van der Waals surface area contributed by atoms with Crippen molar-refractivity contribution < 1.29 is 14.3 Å². The third kappa shape index (κ3) is 3.92. The summed E-state index contributed by atoms with van der Waals surface area (Å²) in [5.74, 6) is 0. The Morgan fingerprint density at radius 1 is 1.25 bits per heavy atom. The molecule has 0 amide bonds. The summed E-state index contributed by atoms with van der Waals surface area (Å²) in [5, 5.41) is 1.08. The molecular weight excluding hydrogens is 226 g/mol. The van der Waals surface area contributed by atoms with Gasteiger partial charge >= 0.3 is 0 Å². The standard InChI is InChI=1S/C11H17NO3S/c1-14-7-5-12(6-8-15-2)11-4-3-10(9-13)16-11/h3-4,9H,5-8H2,1-2H3. The summed E-state index contributed by atoms with van der Waals surface area (Å²) >= 11 is 1.49. The van der Waals surface area contributed by atoms with Crippen molar-refractivity contribution in [1.82, 2.24) is 0 Å². The van der Waals surface area contributed by atoms with Crippen LogP contribution in [0, 0.1) is 0 Å². The number of anilines is 1. The monoisotopic (exact) mass is 243 g/mol. The van der Waals surface area contributed by atoms with E-state index in [1.807, 2.05) is 12.1 Å². The molecule has 1 heterocycles. The molecule has 4 nitrogen and oxygen atoms in total. The van der Waals surface area contributed by atoms with Gasteiger partial charge in [-0.3, -0.25) is 4.79 Å². The van der Waals surface area contributed by atoms with Crippen LogP contribution in [-0.2, 0) is 9.47 Å². The third-order valence-corrected chi connectivity index (χ3v) is 3.24. The lowest BCUT2D eigenvalue weighted by molar-refractivity contribution is 0.112. The van der Waals surface area contributed by atoms with Gasteiger partial charge in [-0.05, 0) is 12.1 Å². The quantitative estimate of drug-likeness (QED) is 0.651. The van der Waals surface area contributed by atoms with Crippen molar-refractivity contribution in [2.75, 3.05) is 45.4 Å². The zero-order chi connectivity index (χ0) is 11.8. The van der Waals surface area contributed by atoms with Crippen molar-refractivity contribution in [3.05, 3.63) is 17.0 Å². The number of rotatable bonds is 8. The summed E-state index contributed by atoms with van der Waals surface area (Å²) in [7, 11) is 3.36. The average molecular weight is 243 g/mol. The number of carbonyl (C=O) groups is 1. The Kier molecular flexibility index (Phi) is 6.07. The third-order valence-electron chi connectivity index (χ3n) is 2.17. The van der Waals surface area contributed by atoms with Crippen LogP contribution in [0.15, 0.2) is 12.1 Å². The number of ether oxygens (including phenoxy) is 2. The molecule has 0 unspecified atom stereocenters. The fourth-order valence-electron chi connectivity index (χ4n) is 1.31. The molecule has 0 spiro atoms. The molecule has 0 saturated carbocycles. The van der Waals surface area contributed by atoms with Crippen LogP contribution < -0.4 is 4.90 Å². The zero-order valence-electron chi connectivity index (χ0n) is 9.64. The minimum atomic E-state index is 0.665. The second-order valence-corrected chi connectivity index (χ2v) is 4.36. The lowest BCUT2D eigenvalue weighted by Gasteiger charge is -2.22. The summed E-state index contributed by atoms with van der Waals surface area (Å²) < 4.78 is 10.1. The Hall–Kier alpha value is -0.910. The maximum atomic E-state index is 10.6. The molecule has 16 heavy (non-hydrogen) atoms. The molecule has 1 aromatic heterocycles. The number of thiophene rings is 1. The van der Waals surface area contributed by atoms with Crippen molar-refractivity contribution >= 4 is 22.6 Å². The van der Waals surface area contributed by atoms with Crippen LogP contribution in [0.25, 0.3) is 0 Å². The van der Waals surface area contributed by atoms with Gasteiger partial charge in [-0.15, -0.1) is 11.3 Å². The van der Waals surface area contributed by atoms with Crippen LogP contribution >= 0.6 is 11.3 Å². The van der Waals surface area contributed by atoms with Crippen LogP contribution in [0.3, 0.4) is 0 Å². The molecule has 5 heteroatoms. The van der Waals surface area contributed by atoms with Crippen molar-refractivity contribution in [2.45, 2.75) is 0 Å². The van der Waals surface area contributed by atoms with E-state index in [0.717, 1.165) is 29.3 Å². The van der Waals surface area contributed by atoms with Crippen molar-refractivity contribution in [2.24, 2.45) is 0 Å². The molecule has 1 rings (SSSR count). The number of nitrogens with zero attached hydrogens (tertiary/aromatic N) is 1. The first-order valence-electron chi connectivity index (χ1n) is 5.09. The molecule has 0 aliphatic carbocycles. The summed E-state index contributed by atoms with van der Waals surface area (Å²) in [6.45, 7) is 2.94. The Morgan fingerprint density at radius 3 is 2.31 bits per heavy atom. The predicted octanol–water partition coefficient (Wildman–Crippen LogP) is 1.66. The molecule has 0 aliphatic rings. The van der Waals surface area contributed by atoms with Gasteiger partial charge in [0.05, 0.1) is 23.1 Å². The highest BCUT2D eigenvalue weighted by Crippen LogP contribution is 2.24. The Labute approximate surface area is 99.8 Å². The second kappa shape index (κ2) is 7.38. The molecule has 0 saturated heterocycles. The first kappa shape index (κ1) is 13.2. The minimum Gasteiger partial charge on any atom is -0.383 e. The van der Waals surface area contributed by atoms with Crippen LogP contribution in [0.1, 0.15) is 9.67 Å². The number of aldehydes is 1. The van der Waals surface area contributed by atoms with Crippen LogP contribution in [0.4, 0.5) is 5.00 Å². The number of hydrogen-bond acceptors (Lipinski definition) is 5. The SMILES string of the molecule is COCCN(CCOC)c1ccc(C=O)s1. The topological polar surface area (TPSA) is 38.8 Å². The fraction of sp³-hybridized carbons (Fsp3) is 0.545. The van der Waals surface area contributed by atoms with E-state index in [4.69, 9.17) is 9.47 Å². The lowest BCUT2D eigenvalue weighted by Crippen LogP contribution is -2.29. The normalized spacial score (nSPS) is 10.4. The number of methoxy groups -OCH3 is 2. The van der Waals surface area contributed by atoms with Gasteiger partial charge in [0.15, 0.2) is 6.29 Å². The van der Waals surface area contributed by atoms with E-state index < -0.39 is 0 Å². The Bertz CT molecular complexity index is 306. The van der Waals surface area contributed by atoms with Gasteiger partial charge in [-0.1, -0.05) is 0 Å². The van der Waals surface area contributed by atoms with Gasteiger partial charge in [0, 0.05) is 27.3 Å². The van der Waals surface area contributed by atoms with E-state index in [1.165, 1.54) is 11.3 Å². The van der Waals surface area contributed by atoms with Crippen molar-refractivity contribution in [3.8, 4) is 0 Å². The van der Waals surface area contributed by atoms with Gasteiger partial charge in [0.25, 0.3) is 0 Å². The van der Waals surface area contributed by atoms with E-state index in [1.54, 1.807) is 14.2 Å². The van der Waals surface area contributed by atoms with Gasteiger partial charge in [0.1, 0.15) is 0 Å². The van der Waals surface area contributed by atoms with E-state index in [9.17, 15) is 4.79 Å². The molecule has 0 radical (unpaired) electrons. The highest BCUT2D eigenvalue weighted by Gasteiger charge is 2.08. The maximum absolute atomic E-state index is 10.6. The van der Waals surface area contributed by atoms with Gasteiger partial charge in [-0.2, -0.15) is 0 Å². The lowest BCUT2D eigenvalue weighted by atomic mass is 10.4. The molecule has 1 aromatic rings. The largest absolute Gasteiger partial charge is 0.383 e. The van der Waals surface area contributed by atoms with Gasteiger partial charge < -0.3 is 14.4 Å². The molecular formula is C11H17NO3S. The number of hydrogen-bond donors (Lipinski definition) is 0. The van der Waals surface area contributed by atoms with Crippen LogP contribution in [0.5, 0.6) is 0 Å². The second-order valence-electron chi connectivity index (χ2n) is 3.27. The highest BCUT2D eigenvalue weighted by atomic mass is 32.1. The molecule has 0 aromatic carbocycles. The molecule has 0 fully saturated rings. The molecule has 0 bridgehead atoms. The molecule has 90 valence electrons. The molecule has 0 N–H and O–H groups in total. The Balaban J connectivity index is 2.62. The van der Waals surface area contributed by atoms with E-state index in [-0.39, 0.29) is 0 Å².